The van der Waals surface area contributed by atoms with Crippen molar-refractivity contribution in [3.8, 4) is 0 Å². The summed E-state index contributed by atoms with van der Waals surface area (Å²) >= 11 is 0. The van der Waals surface area contributed by atoms with Gasteiger partial charge in [0.2, 0.25) is 0 Å². The number of imide groups is 1. The van der Waals surface area contributed by atoms with Gasteiger partial charge in [-0.1, -0.05) is 0 Å². The Kier molecular flexibility index (Phi) is 2.09. The van der Waals surface area contributed by atoms with Crippen LogP contribution in [0, 0.1) is 0 Å². The average molecular weight is 186 g/mol. The molecule has 0 aromatic carbocycles. The molecule has 1 aliphatic rings. The van der Waals surface area contributed by atoms with Crippen LogP contribution < -0.4 is 11.1 Å². The van der Waals surface area contributed by atoms with Gasteiger partial charge in [-0.15, -0.1) is 0 Å². The summed E-state index contributed by atoms with van der Waals surface area (Å²) in [5, 5.41) is 2.15. The molecule has 0 aromatic rings. The van der Waals surface area contributed by atoms with Gasteiger partial charge in [0.1, 0.15) is 0 Å². The normalized spacial score (nSPS) is 22.5. The highest BCUT2D eigenvalue weighted by atomic mass is 16.2. The zero-order valence-electron chi connectivity index (χ0n) is 7.27. The van der Waals surface area contributed by atoms with E-state index in [1.165, 1.54) is 14.1 Å². The second-order valence-electron chi connectivity index (χ2n) is 2.70. The van der Waals surface area contributed by atoms with E-state index in [1.54, 1.807) is 0 Å². The van der Waals surface area contributed by atoms with Crippen LogP contribution in [-0.2, 0) is 4.79 Å². The van der Waals surface area contributed by atoms with Gasteiger partial charge in [-0.2, -0.15) is 0 Å². The third kappa shape index (κ3) is 1.40. The molecule has 1 heterocycles. The molecule has 1 aliphatic heterocycles. The molecule has 5 amide bonds. The van der Waals surface area contributed by atoms with Gasteiger partial charge in [-0.25, -0.2) is 9.59 Å². The van der Waals surface area contributed by atoms with Crippen LogP contribution in [0.1, 0.15) is 0 Å². The summed E-state index contributed by atoms with van der Waals surface area (Å²) in [6.07, 6.45) is -0.977. The Hall–Kier alpha value is -1.79. The summed E-state index contributed by atoms with van der Waals surface area (Å²) in [5.74, 6) is -0.494. The molecule has 0 saturated carbocycles. The highest BCUT2D eigenvalue weighted by Crippen LogP contribution is 2.10. The Morgan fingerprint density at radius 2 is 2.00 bits per heavy atom. The molecule has 1 fully saturated rings. The van der Waals surface area contributed by atoms with Crippen molar-refractivity contribution in [3.05, 3.63) is 0 Å². The van der Waals surface area contributed by atoms with Crippen molar-refractivity contribution in [2.24, 2.45) is 5.73 Å². The summed E-state index contributed by atoms with van der Waals surface area (Å²) in [6.45, 7) is 0. The van der Waals surface area contributed by atoms with Crippen LogP contribution in [-0.4, -0.2) is 48.0 Å². The van der Waals surface area contributed by atoms with Crippen LogP contribution >= 0.6 is 0 Å². The topological polar surface area (TPSA) is 95.7 Å². The molecule has 72 valence electrons. The summed E-state index contributed by atoms with van der Waals surface area (Å²) in [4.78, 5) is 34.9. The summed E-state index contributed by atoms with van der Waals surface area (Å²) < 4.78 is 0. The van der Waals surface area contributed by atoms with E-state index in [-0.39, 0.29) is 0 Å². The molecule has 0 radical (unpaired) electrons. The van der Waals surface area contributed by atoms with E-state index in [1.807, 2.05) is 0 Å². The van der Waals surface area contributed by atoms with Crippen molar-refractivity contribution in [2.45, 2.75) is 6.17 Å². The van der Waals surface area contributed by atoms with Crippen LogP contribution in [0.2, 0.25) is 0 Å². The van der Waals surface area contributed by atoms with E-state index in [4.69, 9.17) is 5.73 Å². The number of hydrogen-bond acceptors (Lipinski definition) is 3. The van der Waals surface area contributed by atoms with Gasteiger partial charge in [0.05, 0.1) is 0 Å². The lowest BCUT2D eigenvalue weighted by Gasteiger charge is -2.15. The molecule has 1 atom stereocenters. The molecule has 7 heteroatoms. The van der Waals surface area contributed by atoms with Gasteiger partial charge in [-0.3, -0.25) is 14.6 Å². The highest BCUT2D eigenvalue weighted by Gasteiger charge is 2.41. The van der Waals surface area contributed by atoms with E-state index in [9.17, 15) is 14.4 Å². The zero-order chi connectivity index (χ0) is 10.2. The number of urea groups is 2. The van der Waals surface area contributed by atoms with Gasteiger partial charge >= 0.3 is 12.1 Å². The molecule has 1 saturated heterocycles. The number of carbonyl (C=O) groups is 3. The number of likely N-dealkylation sites (N-methyl/N-ethyl adjacent to an activating group) is 2. The quantitative estimate of drug-likeness (QED) is 0.488. The van der Waals surface area contributed by atoms with Gasteiger partial charge in [-0.05, 0) is 0 Å². The summed E-state index contributed by atoms with van der Waals surface area (Å²) in [5.41, 5.74) is 4.83. The largest absolute Gasteiger partial charge is 0.352 e. The first-order valence-corrected chi connectivity index (χ1v) is 3.55. The second kappa shape index (κ2) is 2.92. The molecular formula is C6H10N4O3. The molecule has 0 bridgehead atoms. The van der Waals surface area contributed by atoms with E-state index in [0.717, 1.165) is 9.80 Å². The Morgan fingerprint density at radius 1 is 1.46 bits per heavy atom. The van der Waals surface area contributed by atoms with E-state index >= 15 is 0 Å². The Labute approximate surface area is 74.5 Å². The smallest absolute Gasteiger partial charge is 0.328 e. The lowest BCUT2D eigenvalue weighted by atomic mass is 10.4. The van der Waals surface area contributed by atoms with Crippen molar-refractivity contribution in [1.29, 1.82) is 0 Å². The number of primary amides is 1. The number of amides is 5. The van der Waals surface area contributed by atoms with E-state index in [0.29, 0.717) is 0 Å². The summed E-state index contributed by atoms with van der Waals surface area (Å²) in [7, 11) is 2.74. The molecule has 3 N–H and O–H groups in total. The first-order valence-electron chi connectivity index (χ1n) is 3.55. The zero-order valence-corrected chi connectivity index (χ0v) is 7.27. The lowest BCUT2D eigenvalue weighted by molar-refractivity contribution is -0.127. The Bertz CT molecular complexity index is 277. The fourth-order valence-corrected chi connectivity index (χ4v) is 1.08. The minimum atomic E-state index is -0.977. The fraction of sp³-hybridized carbons (Fsp3) is 0.500. The third-order valence-corrected chi connectivity index (χ3v) is 1.82. The second-order valence-corrected chi connectivity index (χ2v) is 2.70. The third-order valence-electron chi connectivity index (χ3n) is 1.82. The molecule has 0 aromatic heterocycles. The molecule has 0 spiro atoms. The molecular weight excluding hydrogens is 176 g/mol. The van der Waals surface area contributed by atoms with Gasteiger partial charge < -0.3 is 11.1 Å². The van der Waals surface area contributed by atoms with Gasteiger partial charge in [0.25, 0.3) is 5.91 Å². The number of hydrogen-bond donors (Lipinski definition) is 2. The van der Waals surface area contributed by atoms with Crippen LogP contribution in [0.15, 0.2) is 0 Å². The number of nitrogens with two attached hydrogens (primary N) is 1. The average Bonchev–Trinajstić information content (AvgIpc) is 2.22. The molecule has 13 heavy (non-hydrogen) atoms. The van der Waals surface area contributed by atoms with Crippen LogP contribution in [0.5, 0.6) is 0 Å². The molecule has 1 unspecified atom stereocenters. The first-order chi connectivity index (χ1) is 5.95. The summed E-state index contributed by atoms with van der Waals surface area (Å²) in [6, 6.07) is -1.31. The van der Waals surface area contributed by atoms with E-state index < -0.39 is 24.1 Å². The number of nitrogens with zero attached hydrogens (tertiary/aromatic N) is 2. The monoisotopic (exact) mass is 186 g/mol. The minimum absolute atomic E-state index is 0.469. The van der Waals surface area contributed by atoms with Crippen molar-refractivity contribution in [3.63, 3.8) is 0 Å². The van der Waals surface area contributed by atoms with Crippen LogP contribution in [0.25, 0.3) is 0 Å². The number of rotatable bonds is 1. The Morgan fingerprint density at radius 3 is 2.31 bits per heavy atom. The molecule has 7 nitrogen and oxygen atoms in total. The maximum atomic E-state index is 11.3. The number of carbonyl (C=O) groups excluding carboxylic acids is 3. The van der Waals surface area contributed by atoms with E-state index in [2.05, 4.69) is 5.32 Å². The predicted octanol–water partition coefficient (Wildman–Crippen LogP) is -1.50. The van der Waals surface area contributed by atoms with Crippen molar-refractivity contribution >= 4 is 18.0 Å². The fourth-order valence-electron chi connectivity index (χ4n) is 1.08. The number of nitrogens with one attached hydrogen (secondary N) is 1. The Balaban J connectivity index is 2.81. The van der Waals surface area contributed by atoms with Crippen molar-refractivity contribution in [1.82, 2.24) is 15.1 Å². The van der Waals surface area contributed by atoms with Crippen molar-refractivity contribution < 1.29 is 14.4 Å². The van der Waals surface area contributed by atoms with Crippen LogP contribution in [0.4, 0.5) is 9.59 Å². The molecule has 1 rings (SSSR count). The van der Waals surface area contributed by atoms with Crippen LogP contribution in [0.3, 0.4) is 0 Å². The minimum Gasteiger partial charge on any atom is -0.352 e. The maximum Gasteiger partial charge on any atom is 0.328 e. The first kappa shape index (κ1) is 9.30. The predicted molar refractivity (Wildman–Crippen MR) is 42.4 cm³/mol. The van der Waals surface area contributed by atoms with Gasteiger partial charge in [0.15, 0.2) is 6.17 Å². The maximum absolute atomic E-state index is 11.3. The lowest BCUT2D eigenvalue weighted by Crippen LogP contribution is -2.49. The standard InChI is InChI=1S/C6H10N4O3/c1-9-3(8-5(7)12)4(11)10(2)6(9)13/h3H,1-2H3,(H3,7,8,12). The SMILES string of the molecule is CN1C(=O)C(NC(N)=O)N(C)C1=O. The molecule has 0 aliphatic carbocycles. The van der Waals surface area contributed by atoms with Crippen molar-refractivity contribution in [2.75, 3.05) is 14.1 Å². The van der Waals surface area contributed by atoms with Gasteiger partial charge in [0, 0.05) is 14.1 Å². The highest BCUT2D eigenvalue weighted by molar-refractivity contribution is 6.04.